The molecule has 0 aliphatic heterocycles. The fraction of sp³-hybridized carbons (Fsp3) is 0. The van der Waals surface area contributed by atoms with Crippen LogP contribution < -0.4 is 0 Å². The average molecular weight is 685 g/mol. The van der Waals surface area contributed by atoms with Crippen molar-refractivity contribution in [1.29, 1.82) is 0 Å². The number of nitrogens with zero attached hydrogens (tertiary/aromatic N) is 4. The summed E-state index contributed by atoms with van der Waals surface area (Å²) in [5, 5.41) is 15.7. The van der Waals surface area contributed by atoms with Crippen molar-refractivity contribution >= 4 is 103 Å². The molecule has 0 N–H and O–H groups in total. The van der Waals surface area contributed by atoms with Crippen molar-refractivity contribution in [2.45, 2.75) is 0 Å². The molecule has 0 unspecified atom stereocenters. The molecule has 0 spiro atoms. The van der Waals surface area contributed by atoms with Crippen molar-refractivity contribution < 1.29 is 0 Å². The van der Waals surface area contributed by atoms with Crippen molar-refractivity contribution in [2.24, 2.45) is 0 Å². The molecule has 4 heteroatoms. The number of rotatable bonds is 2. The van der Waals surface area contributed by atoms with E-state index in [-0.39, 0.29) is 0 Å². The average Bonchev–Trinajstić information content (AvgIpc) is 3.88. The van der Waals surface area contributed by atoms with Gasteiger partial charge in [-0.3, -0.25) is 4.57 Å². The SMILES string of the molecule is c1ccc2c(c1)cc(-c1nc(-n3c4ccccc4c4cc5c6ccc7ccccc7c6n6c7ccccc7c(c43)c56)nc3ccccc13)c1ccccc12. The first-order chi connectivity index (χ1) is 26.8. The van der Waals surface area contributed by atoms with E-state index in [2.05, 4.69) is 179 Å². The van der Waals surface area contributed by atoms with Crippen LogP contribution in [0, 0.1) is 0 Å². The summed E-state index contributed by atoms with van der Waals surface area (Å²) in [5.41, 5.74) is 8.87. The molecule has 0 bridgehead atoms. The number of hydrogen-bond acceptors (Lipinski definition) is 2. The first kappa shape index (κ1) is 28.3. The van der Waals surface area contributed by atoms with Crippen LogP contribution in [0.25, 0.3) is 120 Å². The van der Waals surface area contributed by atoms with Crippen LogP contribution >= 0.6 is 0 Å². The van der Waals surface area contributed by atoms with E-state index in [1.165, 1.54) is 81.2 Å². The molecule has 248 valence electrons. The Morgan fingerprint density at radius 2 is 0.981 bits per heavy atom. The molecule has 4 aromatic heterocycles. The van der Waals surface area contributed by atoms with Gasteiger partial charge in [-0.25, -0.2) is 9.97 Å². The Labute approximate surface area is 308 Å². The summed E-state index contributed by atoms with van der Waals surface area (Å²) in [7, 11) is 0. The highest BCUT2D eigenvalue weighted by molar-refractivity contribution is 6.35. The quantitative estimate of drug-likeness (QED) is 0.170. The fourth-order valence-corrected chi connectivity index (χ4v) is 9.58. The van der Waals surface area contributed by atoms with Gasteiger partial charge < -0.3 is 4.40 Å². The second-order valence-electron chi connectivity index (χ2n) is 14.5. The van der Waals surface area contributed by atoms with Crippen molar-refractivity contribution in [1.82, 2.24) is 18.9 Å². The van der Waals surface area contributed by atoms with Gasteiger partial charge >= 0.3 is 0 Å². The zero-order valence-electron chi connectivity index (χ0n) is 29.0. The molecule has 0 fully saturated rings. The zero-order chi connectivity index (χ0) is 35.1. The minimum atomic E-state index is 0.667. The molecule has 0 saturated heterocycles. The molecule has 13 aromatic rings. The lowest BCUT2D eigenvalue weighted by Gasteiger charge is -2.15. The van der Waals surface area contributed by atoms with Crippen molar-refractivity contribution in [3.05, 3.63) is 170 Å². The van der Waals surface area contributed by atoms with E-state index in [0.29, 0.717) is 5.95 Å². The Morgan fingerprint density at radius 3 is 1.83 bits per heavy atom. The lowest BCUT2D eigenvalue weighted by molar-refractivity contribution is 1.02. The number of fused-ring (bicyclic) bond motifs is 16. The van der Waals surface area contributed by atoms with Crippen LogP contribution in [0.3, 0.4) is 0 Å². The molecular weight excluding hydrogens is 657 g/mol. The van der Waals surface area contributed by atoms with Crippen LogP contribution in [0.4, 0.5) is 0 Å². The van der Waals surface area contributed by atoms with Gasteiger partial charge in [0.25, 0.3) is 0 Å². The molecular formula is C50H28N4. The van der Waals surface area contributed by atoms with Crippen LogP contribution in [-0.2, 0) is 0 Å². The van der Waals surface area contributed by atoms with E-state index in [4.69, 9.17) is 9.97 Å². The smallest absolute Gasteiger partial charge is 0.235 e. The predicted octanol–water partition coefficient (Wildman–Crippen LogP) is 13.0. The Kier molecular flexibility index (Phi) is 5.34. The normalized spacial score (nSPS) is 12.4. The molecule has 4 heterocycles. The largest absolute Gasteiger partial charge is 0.307 e. The highest BCUT2D eigenvalue weighted by atomic mass is 15.2. The molecule has 0 saturated carbocycles. The maximum absolute atomic E-state index is 5.63. The van der Waals surface area contributed by atoms with Gasteiger partial charge in [0.2, 0.25) is 5.95 Å². The van der Waals surface area contributed by atoms with Gasteiger partial charge in [-0.15, -0.1) is 0 Å². The third kappa shape index (κ3) is 3.52. The lowest BCUT2D eigenvalue weighted by Crippen LogP contribution is -2.04. The van der Waals surface area contributed by atoms with Crippen LogP contribution in [0.5, 0.6) is 0 Å². The van der Waals surface area contributed by atoms with Crippen LogP contribution in [0.2, 0.25) is 0 Å². The van der Waals surface area contributed by atoms with Crippen LogP contribution in [0.15, 0.2) is 170 Å². The lowest BCUT2D eigenvalue weighted by atomic mass is 9.94. The molecule has 4 nitrogen and oxygen atoms in total. The highest BCUT2D eigenvalue weighted by Gasteiger charge is 2.26. The van der Waals surface area contributed by atoms with E-state index in [1.54, 1.807) is 0 Å². The van der Waals surface area contributed by atoms with Crippen molar-refractivity contribution in [2.75, 3.05) is 0 Å². The highest BCUT2D eigenvalue weighted by Crippen LogP contribution is 2.48. The zero-order valence-corrected chi connectivity index (χ0v) is 29.0. The van der Waals surface area contributed by atoms with Gasteiger partial charge in [-0.2, -0.15) is 0 Å². The minimum Gasteiger partial charge on any atom is -0.307 e. The van der Waals surface area contributed by atoms with E-state index >= 15 is 0 Å². The van der Waals surface area contributed by atoms with E-state index in [0.717, 1.165) is 33.2 Å². The minimum absolute atomic E-state index is 0.667. The summed E-state index contributed by atoms with van der Waals surface area (Å²) in [6.07, 6.45) is 0. The number of benzene rings is 9. The second kappa shape index (κ2) is 10.2. The molecule has 0 aliphatic carbocycles. The third-order valence-electron chi connectivity index (χ3n) is 11.8. The fourth-order valence-electron chi connectivity index (χ4n) is 9.58. The van der Waals surface area contributed by atoms with Gasteiger partial charge in [0.1, 0.15) is 0 Å². The molecule has 13 rings (SSSR count). The molecule has 0 atom stereocenters. The monoisotopic (exact) mass is 684 g/mol. The topological polar surface area (TPSA) is 35.1 Å². The summed E-state index contributed by atoms with van der Waals surface area (Å²) in [6, 6.07) is 61.5. The summed E-state index contributed by atoms with van der Waals surface area (Å²) in [5.74, 6) is 0.667. The number of hydrogen-bond donors (Lipinski definition) is 0. The summed E-state index contributed by atoms with van der Waals surface area (Å²) in [6.45, 7) is 0. The van der Waals surface area contributed by atoms with Gasteiger partial charge in [0.05, 0.1) is 38.8 Å². The Hall–Kier alpha value is -7.30. The number of aromatic nitrogens is 4. The Balaban J connectivity index is 1.24. The standard InChI is InChI=1S/C50H28N4/c1-4-16-32-29(13-1)25-26-36-41-28-40-35-19-8-11-23-43(35)54(49(40)45-38-21-9-12-24-44(38)53(47(32)36)48(41)45)50-51-42-22-10-7-20-37(42)46(52-50)39-27-30-14-2-3-15-31(30)33-17-5-6-18-34(33)39/h1-28H. The van der Waals surface area contributed by atoms with E-state index < -0.39 is 0 Å². The van der Waals surface area contributed by atoms with Crippen molar-refractivity contribution in [3.8, 4) is 17.2 Å². The maximum Gasteiger partial charge on any atom is 0.235 e. The third-order valence-corrected chi connectivity index (χ3v) is 11.8. The Morgan fingerprint density at radius 1 is 0.352 bits per heavy atom. The number of para-hydroxylation sites is 3. The summed E-state index contributed by atoms with van der Waals surface area (Å²) >= 11 is 0. The Bertz CT molecular complexity index is 3740. The first-order valence-corrected chi connectivity index (χ1v) is 18.5. The molecule has 9 aromatic carbocycles. The molecule has 54 heavy (non-hydrogen) atoms. The predicted molar refractivity (Wildman–Crippen MR) is 226 cm³/mol. The summed E-state index contributed by atoms with van der Waals surface area (Å²) < 4.78 is 4.84. The van der Waals surface area contributed by atoms with Gasteiger partial charge in [0.15, 0.2) is 0 Å². The van der Waals surface area contributed by atoms with Gasteiger partial charge in [0, 0.05) is 48.7 Å². The molecule has 0 aliphatic rings. The first-order valence-electron chi connectivity index (χ1n) is 18.5. The maximum atomic E-state index is 5.63. The van der Waals surface area contributed by atoms with Crippen LogP contribution in [0.1, 0.15) is 0 Å². The summed E-state index contributed by atoms with van der Waals surface area (Å²) in [4.78, 5) is 11.0. The second-order valence-corrected chi connectivity index (χ2v) is 14.5. The van der Waals surface area contributed by atoms with Gasteiger partial charge in [-0.05, 0) is 57.3 Å². The molecule has 0 radical (unpaired) electrons. The van der Waals surface area contributed by atoms with E-state index in [9.17, 15) is 0 Å². The van der Waals surface area contributed by atoms with E-state index in [1.807, 2.05) is 0 Å². The molecule has 0 amide bonds. The van der Waals surface area contributed by atoms with Crippen molar-refractivity contribution in [3.63, 3.8) is 0 Å². The van der Waals surface area contributed by atoms with Gasteiger partial charge in [-0.1, -0.05) is 140 Å². The van der Waals surface area contributed by atoms with Crippen LogP contribution in [-0.4, -0.2) is 18.9 Å².